The number of nitrogens with zero attached hydrogens (tertiary/aromatic N) is 3. The molecule has 6 nitrogen and oxygen atoms in total. The van der Waals surface area contributed by atoms with Gasteiger partial charge in [0.2, 0.25) is 17.7 Å². The van der Waals surface area contributed by atoms with Crippen LogP contribution in [0.4, 0.5) is 0 Å². The van der Waals surface area contributed by atoms with Crippen molar-refractivity contribution in [1.82, 2.24) is 15.1 Å². The summed E-state index contributed by atoms with van der Waals surface area (Å²) in [7, 11) is 0. The Kier molecular flexibility index (Phi) is 5.71. The molecule has 150 valence electrons. The van der Waals surface area contributed by atoms with Crippen molar-refractivity contribution in [3.8, 4) is 22.6 Å². The highest BCUT2D eigenvalue weighted by atomic mass is 16.5. The fourth-order valence-corrected chi connectivity index (χ4v) is 3.66. The lowest BCUT2D eigenvalue weighted by atomic mass is 10.0. The maximum atomic E-state index is 12.5. The highest BCUT2D eigenvalue weighted by molar-refractivity contribution is 5.76. The number of carbonyl (C=O) groups excluding carboxylic acids is 1. The zero-order valence-electron chi connectivity index (χ0n) is 16.7. The molecule has 1 aliphatic rings. The number of benzene rings is 2. The normalized spacial score (nSPS) is 19.3. The Labute approximate surface area is 170 Å². The first-order chi connectivity index (χ1) is 14.1. The van der Waals surface area contributed by atoms with E-state index in [0.717, 1.165) is 16.7 Å². The zero-order chi connectivity index (χ0) is 20.2. The molecule has 29 heavy (non-hydrogen) atoms. The lowest BCUT2D eigenvalue weighted by Gasteiger charge is -2.35. The second-order valence-corrected chi connectivity index (χ2v) is 7.50. The predicted octanol–water partition coefficient (Wildman–Crippen LogP) is 3.97. The Morgan fingerprint density at radius 3 is 2.24 bits per heavy atom. The molecule has 0 saturated carbocycles. The molecule has 1 aliphatic heterocycles. The van der Waals surface area contributed by atoms with E-state index in [1.165, 1.54) is 0 Å². The van der Waals surface area contributed by atoms with E-state index in [1.54, 1.807) is 0 Å². The average Bonchev–Trinajstić information content (AvgIpc) is 3.21. The standard InChI is InChI=1S/C23H25N3O3/c1-16-14-26(15-17(2)28-16)22(27)13-12-21-24-25-23(29-21)20-10-8-19(9-11-20)18-6-4-3-5-7-18/h3-11,16-17H,12-15H2,1-2H3/t16-,17+. The van der Waals surface area contributed by atoms with Crippen molar-refractivity contribution < 1.29 is 13.9 Å². The fourth-order valence-electron chi connectivity index (χ4n) is 3.66. The third kappa shape index (κ3) is 4.71. The van der Waals surface area contributed by atoms with Crippen LogP contribution >= 0.6 is 0 Å². The van der Waals surface area contributed by atoms with Gasteiger partial charge in [-0.1, -0.05) is 42.5 Å². The molecule has 0 bridgehead atoms. The van der Waals surface area contributed by atoms with Crippen molar-refractivity contribution in [2.45, 2.75) is 38.9 Å². The number of hydrogen-bond donors (Lipinski definition) is 0. The Morgan fingerprint density at radius 1 is 0.931 bits per heavy atom. The van der Waals surface area contributed by atoms with Gasteiger partial charge in [-0.2, -0.15) is 0 Å². The number of aromatic nitrogens is 2. The van der Waals surface area contributed by atoms with Crippen LogP contribution in [0.3, 0.4) is 0 Å². The number of morpholine rings is 1. The summed E-state index contributed by atoms with van der Waals surface area (Å²) in [6, 6.07) is 18.2. The lowest BCUT2D eigenvalue weighted by Crippen LogP contribution is -2.48. The van der Waals surface area contributed by atoms with Gasteiger partial charge in [0.05, 0.1) is 12.2 Å². The molecule has 0 radical (unpaired) electrons. The second kappa shape index (κ2) is 8.57. The molecule has 2 heterocycles. The van der Waals surface area contributed by atoms with E-state index in [4.69, 9.17) is 9.15 Å². The van der Waals surface area contributed by atoms with Gasteiger partial charge in [0.1, 0.15) is 0 Å². The molecule has 1 aromatic heterocycles. The number of amides is 1. The van der Waals surface area contributed by atoms with Gasteiger partial charge in [-0.15, -0.1) is 10.2 Å². The van der Waals surface area contributed by atoms with Gasteiger partial charge in [0.25, 0.3) is 0 Å². The molecule has 4 rings (SSSR count). The summed E-state index contributed by atoms with van der Waals surface area (Å²) in [6.07, 6.45) is 0.926. The van der Waals surface area contributed by atoms with Crippen LogP contribution in [-0.2, 0) is 16.0 Å². The summed E-state index contributed by atoms with van der Waals surface area (Å²) in [5.41, 5.74) is 3.16. The van der Waals surface area contributed by atoms with E-state index in [2.05, 4.69) is 22.3 Å². The molecular weight excluding hydrogens is 366 g/mol. The number of hydrogen-bond acceptors (Lipinski definition) is 5. The summed E-state index contributed by atoms with van der Waals surface area (Å²) in [5.74, 6) is 1.05. The summed E-state index contributed by atoms with van der Waals surface area (Å²) in [4.78, 5) is 14.4. The van der Waals surface area contributed by atoms with E-state index < -0.39 is 0 Å². The van der Waals surface area contributed by atoms with Gasteiger partial charge in [0, 0.05) is 31.5 Å². The van der Waals surface area contributed by atoms with E-state index >= 15 is 0 Å². The molecule has 2 aromatic carbocycles. The topological polar surface area (TPSA) is 68.5 Å². The van der Waals surface area contributed by atoms with Crippen molar-refractivity contribution >= 4 is 5.91 Å². The minimum absolute atomic E-state index is 0.0663. The summed E-state index contributed by atoms with van der Waals surface area (Å²) >= 11 is 0. The Morgan fingerprint density at radius 2 is 1.55 bits per heavy atom. The first-order valence-electron chi connectivity index (χ1n) is 10.00. The maximum absolute atomic E-state index is 12.5. The first-order valence-corrected chi connectivity index (χ1v) is 10.00. The van der Waals surface area contributed by atoms with Crippen molar-refractivity contribution in [2.75, 3.05) is 13.1 Å². The smallest absolute Gasteiger partial charge is 0.247 e. The van der Waals surface area contributed by atoms with E-state index in [1.807, 2.05) is 61.2 Å². The van der Waals surface area contributed by atoms with Crippen molar-refractivity contribution in [1.29, 1.82) is 0 Å². The summed E-state index contributed by atoms with van der Waals surface area (Å²) in [6.45, 7) is 5.24. The molecule has 0 aliphatic carbocycles. The summed E-state index contributed by atoms with van der Waals surface area (Å²) in [5, 5.41) is 8.25. The molecular formula is C23H25N3O3. The summed E-state index contributed by atoms with van der Waals surface area (Å²) < 4.78 is 11.5. The Bertz CT molecular complexity index is 943. The second-order valence-electron chi connectivity index (χ2n) is 7.50. The van der Waals surface area contributed by atoms with E-state index in [0.29, 0.717) is 37.7 Å². The van der Waals surface area contributed by atoms with Crippen LogP contribution in [0.15, 0.2) is 59.0 Å². The van der Waals surface area contributed by atoms with Crippen LogP contribution in [0.25, 0.3) is 22.6 Å². The van der Waals surface area contributed by atoms with Crippen LogP contribution in [0, 0.1) is 0 Å². The van der Waals surface area contributed by atoms with Gasteiger partial charge in [-0.3, -0.25) is 4.79 Å². The van der Waals surface area contributed by atoms with Crippen LogP contribution in [-0.4, -0.2) is 46.3 Å². The Hall–Kier alpha value is -2.99. The van der Waals surface area contributed by atoms with Gasteiger partial charge < -0.3 is 14.1 Å². The van der Waals surface area contributed by atoms with Gasteiger partial charge in [0.15, 0.2) is 0 Å². The van der Waals surface area contributed by atoms with Crippen LogP contribution in [0.2, 0.25) is 0 Å². The monoisotopic (exact) mass is 391 g/mol. The third-order valence-electron chi connectivity index (χ3n) is 5.03. The van der Waals surface area contributed by atoms with Crippen LogP contribution < -0.4 is 0 Å². The SMILES string of the molecule is C[C@@H]1CN(C(=O)CCc2nnc(-c3ccc(-c4ccccc4)cc3)o2)C[C@H](C)O1. The van der Waals surface area contributed by atoms with Crippen molar-refractivity contribution in [2.24, 2.45) is 0 Å². The van der Waals surface area contributed by atoms with E-state index in [-0.39, 0.29) is 18.1 Å². The predicted molar refractivity (Wildman–Crippen MR) is 110 cm³/mol. The number of aryl methyl sites for hydroxylation is 1. The average molecular weight is 391 g/mol. The maximum Gasteiger partial charge on any atom is 0.247 e. The highest BCUT2D eigenvalue weighted by Gasteiger charge is 2.25. The lowest BCUT2D eigenvalue weighted by molar-refractivity contribution is -0.143. The third-order valence-corrected chi connectivity index (χ3v) is 5.03. The molecule has 0 spiro atoms. The molecule has 2 atom stereocenters. The molecule has 3 aromatic rings. The Balaban J connectivity index is 1.36. The molecule has 0 N–H and O–H groups in total. The zero-order valence-corrected chi connectivity index (χ0v) is 16.7. The number of rotatable bonds is 5. The van der Waals surface area contributed by atoms with Crippen LogP contribution in [0.1, 0.15) is 26.2 Å². The van der Waals surface area contributed by atoms with Gasteiger partial charge >= 0.3 is 0 Å². The van der Waals surface area contributed by atoms with Crippen molar-refractivity contribution in [3.63, 3.8) is 0 Å². The van der Waals surface area contributed by atoms with Gasteiger partial charge in [-0.25, -0.2) is 0 Å². The molecule has 6 heteroatoms. The number of carbonyl (C=O) groups is 1. The first kappa shape index (κ1) is 19.3. The molecule has 1 amide bonds. The van der Waals surface area contributed by atoms with Gasteiger partial charge in [-0.05, 0) is 37.1 Å². The molecule has 1 fully saturated rings. The number of ether oxygens (including phenoxy) is 1. The highest BCUT2D eigenvalue weighted by Crippen LogP contribution is 2.24. The minimum atomic E-state index is 0.0663. The minimum Gasteiger partial charge on any atom is -0.421 e. The fraction of sp³-hybridized carbons (Fsp3) is 0.348. The van der Waals surface area contributed by atoms with E-state index in [9.17, 15) is 4.79 Å². The van der Waals surface area contributed by atoms with Crippen LogP contribution in [0.5, 0.6) is 0 Å². The van der Waals surface area contributed by atoms with Crippen molar-refractivity contribution in [3.05, 3.63) is 60.5 Å². The molecule has 0 unspecified atom stereocenters. The molecule has 1 saturated heterocycles. The quantitative estimate of drug-likeness (QED) is 0.658. The largest absolute Gasteiger partial charge is 0.421 e.